The van der Waals surface area contributed by atoms with Gasteiger partial charge in [-0.1, -0.05) is 11.6 Å². The zero-order valence-electron chi connectivity index (χ0n) is 27.1. The first kappa shape index (κ1) is 35.7. The predicted octanol–water partition coefficient (Wildman–Crippen LogP) is 1.14. The molecular formula is C31H32ClF3N10O6. The first-order chi connectivity index (χ1) is 24.3. The van der Waals surface area contributed by atoms with Gasteiger partial charge in [-0.3, -0.25) is 23.9 Å². The Balaban J connectivity index is 1.43. The molecule has 1 unspecified atom stereocenters. The van der Waals surface area contributed by atoms with E-state index in [0.29, 0.717) is 22.7 Å². The van der Waals surface area contributed by atoms with E-state index >= 15 is 0 Å². The number of aliphatic hydroxyl groups is 1. The number of methoxy groups -OCH3 is 1. The lowest BCUT2D eigenvalue weighted by Gasteiger charge is -2.27. The SMILES string of the molecule is COCC1CCCN1C(=O)c1ccncc1-n1nc(Cn2nc(-c3ccc(Cl)cc3)n(C[C@H](O)C(F)(F)F)c2=O)nc1C(=O)N1CCNC(=O)C1. The summed E-state index contributed by atoms with van der Waals surface area (Å²) in [6, 6.07) is 7.10. The topological polar surface area (TPSA) is 183 Å². The highest BCUT2D eigenvalue weighted by molar-refractivity contribution is 6.30. The maximum absolute atomic E-state index is 13.9. The van der Waals surface area contributed by atoms with Crippen LogP contribution in [-0.2, 0) is 22.6 Å². The number of amides is 3. The Morgan fingerprint density at radius 1 is 1.12 bits per heavy atom. The van der Waals surface area contributed by atoms with E-state index in [1.807, 2.05) is 0 Å². The number of hydrogen-bond donors (Lipinski definition) is 2. The van der Waals surface area contributed by atoms with Crippen molar-refractivity contribution in [3.63, 3.8) is 0 Å². The first-order valence-electron chi connectivity index (χ1n) is 15.8. The van der Waals surface area contributed by atoms with Crippen molar-refractivity contribution in [1.29, 1.82) is 0 Å². The Labute approximate surface area is 292 Å². The lowest BCUT2D eigenvalue weighted by molar-refractivity contribution is -0.207. The van der Waals surface area contributed by atoms with E-state index in [2.05, 4.69) is 25.5 Å². The third-order valence-electron chi connectivity index (χ3n) is 8.47. The van der Waals surface area contributed by atoms with Gasteiger partial charge < -0.3 is 25.0 Å². The lowest BCUT2D eigenvalue weighted by atomic mass is 10.1. The number of aliphatic hydroxyl groups excluding tert-OH is 1. The number of rotatable bonds is 10. The molecule has 2 saturated heterocycles. The number of nitrogens with one attached hydrogen (secondary N) is 1. The van der Waals surface area contributed by atoms with Crippen LogP contribution in [0.1, 0.15) is 39.6 Å². The van der Waals surface area contributed by atoms with Gasteiger partial charge in [0.15, 0.2) is 17.8 Å². The summed E-state index contributed by atoms with van der Waals surface area (Å²) < 4.78 is 48.0. The molecule has 3 aromatic heterocycles. The van der Waals surface area contributed by atoms with Crippen molar-refractivity contribution in [2.75, 3.05) is 39.9 Å². The normalized spacial score (nSPS) is 17.1. The molecule has 5 heterocycles. The average molecular weight is 733 g/mol. The summed E-state index contributed by atoms with van der Waals surface area (Å²) in [5, 5.41) is 21.5. The van der Waals surface area contributed by atoms with Gasteiger partial charge in [-0.15, -0.1) is 10.2 Å². The van der Waals surface area contributed by atoms with E-state index < -0.39 is 42.9 Å². The molecule has 2 atom stereocenters. The van der Waals surface area contributed by atoms with Crippen molar-refractivity contribution >= 4 is 29.3 Å². The van der Waals surface area contributed by atoms with Gasteiger partial charge in [0.1, 0.15) is 13.1 Å². The average Bonchev–Trinajstić information content (AvgIpc) is 3.82. The van der Waals surface area contributed by atoms with Gasteiger partial charge in [-0.2, -0.15) is 13.2 Å². The summed E-state index contributed by atoms with van der Waals surface area (Å²) in [5.74, 6) is -2.17. The highest BCUT2D eigenvalue weighted by atomic mass is 35.5. The molecule has 51 heavy (non-hydrogen) atoms. The van der Waals surface area contributed by atoms with Gasteiger partial charge >= 0.3 is 11.9 Å². The molecule has 4 aromatic rings. The molecule has 0 saturated carbocycles. The quantitative estimate of drug-likeness (QED) is 0.240. The Morgan fingerprint density at radius 3 is 2.59 bits per heavy atom. The second-order valence-corrected chi connectivity index (χ2v) is 12.4. The van der Waals surface area contributed by atoms with Crippen LogP contribution in [-0.4, -0.2) is 125 Å². The number of piperazine rings is 1. The summed E-state index contributed by atoms with van der Waals surface area (Å²) in [7, 11) is 1.54. The number of nitrogens with zero attached hydrogens (tertiary/aromatic N) is 9. The molecule has 2 N–H and O–H groups in total. The maximum Gasteiger partial charge on any atom is 0.416 e. The zero-order chi connectivity index (χ0) is 36.4. The fraction of sp³-hybridized carbons (Fsp3) is 0.419. The molecule has 20 heteroatoms. The summed E-state index contributed by atoms with van der Waals surface area (Å²) in [6.45, 7) is -0.854. The van der Waals surface area contributed by atoms with Crippen molar-refractivity contribution in [2.24, 2.45) is 0 Å². The van der Waals surface area contributed by atoms with E-state index in [1.54, 1.807) is 12.0 Å². The summed E-state index contributed by atoms with van der Waals surface area (Å²) in [4.78, 5) is 65.0. The Bertz CT molecular complexity index is 2000. The van der Waals surface area contributed by atoms with Crippen molar-refractivity contribution in [3.05, 3.63) is 75.4 Å². The fourth-order valence-electron chi connectivity index (χ4n) is 5.97. The minimum Gasteiger partial charge on any atom is -0.383 e. The standard InChI is InChI=1S/C31H32ClF3N10O6/c1-51-17-20-3-2-11-42(20)28(48)21-8-9-36-13-22(21)45-27(29(49)41-12-10-37-25(47)16-41)38-24(39-45)15-44-30(50)43(14-23(46)31(33,34)35)26(40-44)18-4-6-19(32)7-5-18/h4-9,13,20,23,46H,2-3,10-12,14-17H2,1H3,(H,37,47)/t20?,23-/m0/s1. The van der Waals surface area contributed by atoms with Crippen LogP contribution in [0.2, 0.25) is 5.02 Å². The van der Waals surface area contributed by atoms with Crippen LogP contribution < -0.4 is 11.0 Å². The molecule has 0 spiro atoms. The van der Waals surface area contributed by atoms with Crippen LogP contribution in [0.5, 0.6) is 0 Å². The largest absolute Gasteiger partial charge is 0.416 e. The third-order valence-corrected chi connectivity index (χ3v) is 8.73. The Morgan fingerprint density at radius 2 is 1.88 bits per heavy atom. The zero-order valence-corrected chi connectivity index (χ0v) is 27.8. The molecule has 0 bridgehead atoms. The van der Waals surface area contributed by atoms with Crippen LogP contribution >= 0.6 is 11.6 Å². The number of alkyl halides is 3. The monoisotopic (exact) mass is 732 g/mol. The van der Waals surface area contributed by atoms with Crippen molar-refractivity contribution in [2.45, 2.75) is 44.3 Å². The molecule has 6 rings (SSSR count). The van der Waals surface area contributed by atoms with Gasteiger partial charge in [0.2, 0.25) is 11.7 Å². The lowest BCUT2D eigenvalue weighted by Crippen LogP contribution is -2.50. The van der Waals surface area contributed by atoms with Crippen molar-refractivity contribution < 1.29 is 37.4 Å². The number of halogens is 4. The molecule has 270 valence electrons. The fourth-order valence-corrected chi connectivity index (χ4v) is 6.10. The van der Waals surface area contributed by atoms with Gasteiger partial charge in [0, 0.05) is 43.5 Å². The summed E-state index contributed by atoms with van der Waals surface area (Å²) >= 11 is 5.98. The molecule has 2 aliphatic rings. The summed E-state index contributed by atoms with van der Waals surface area (Å²) in [5.41, 5.74) is -0.574. The summed E-state index contributed by atoms with van der Waals surface area (Å²) in [6.07, 6.45) is -3.70. The number of hydrogen-bond acceptors (Lipinski definition) is 10. The van der Waals surface area contributed by atoms with Gasteiger partial charge in [0.25, 0.3) is 11.8 Å². The molecule has 2 aliphatic heterocycles. The number of likely N-dealkylation sites (tertiary alicyclic amines) is 1. The van der Waals surface area contributed by atoms with Gasteiger partial charge in [0.05, 0.1) is 36.6 Å². The molecule has 2 fully saturated rings. The maximum atomic E-state index is 13.9. The van der Waals surface area contributed by atoms with Crippen molar-refractivity contribution in [1.82, 2.24) is 49.2 Å². The van der Waals surface area contributed by atoms with Crippen LogP contribution in [0.25, 0.3) is 17.1 Å². The molecule has 3 amide bonds. The van der Waals surface area contributed by atoms with E-state index in [0.717, 1.165) is 22.2 Å². The highest BCUT2D eigenvalue weighted by Crippen LogP contribution is 2.26. The minimum atomic E-state index is -5.03. The molecule has 16 nitrogen and oxygen atoms in total. The third kappa shape index (κ3) is 7.49. The van der Waals surface area contributed by atoms with Crippen LogP contribution in [0.15, 0.2) is 47.5 Å². The molecular weight excluding hydrogens is 701 g/mol. The van der Waals surface area contributed by atoms with Gasteiger partial charge in [-0.25, -0.2) is 19.1 Å². The number of pyridine rings is 1. The van der Waals surface area contributed by atoms with Gasteiger partial charge in [-0.05, 0) is 43.2 Å². The van der Waals surface area contributed by atoms with E-state index in [9.17, 15) is 37.5 Å². The molecule has 1 aromatic carbocycles. The second-order valence-electron chi connectivity index (χ2n) is 11.9. The molecule has 0 radical (unpaired) electrons. The Hall–Kier alpha value is -5.14. The Kier molecular flexibility index (Phi) is 10.2. The van der Waals surface area contributed by atoms with E-state index in [-0.39, 0.29) is 65.9 Å². The van der Waals surface area contributed by atoms with E-state index in [1.165, 1.54) is 47.6 Å². The van der Waals surface area contributed by atoms with Crippen LogP contribution in [0.3, 0.4) is 0 Å². The van der Waals surface area contributed by atoms with Crippen LogP contribution in [0.4, 0.5) is 13.2 Å². The number of benzene rings is 1. The number of carbonyl (C=O) groups is 3. The minimum absolute atomic E-state index is 0.0853. The van der Waals surface area contributed by atoms with E-state index in [4.69, 9.17) is 16.3 Å². The smallest absolute Gasteiger partial charge is 0.383 e. The number of ether oxygens (including phenoxy) is 1. The second kappa shape index (κ2) is 14.6. The number of aromatic nitrogens is 7. The predicted molar refractivity (Wildman–Crippen MR) is 172 cm³/mol. The van der Waals surface area contributed by atoms with Crippen molar-refractivity contribution in [3.8, 4) is 17.1 Å². The number of carbonyl (C=O) groups excluding carboxylic acids is 3. The highest BCUT2D eigenvalue weighted by Gasteiger charge is 2.40. The molecule has 0 aliphatic carbocycles. The van der Waals surface area contributed by atoms with Crippen LogP contribution in [0, 0.1) is 0 Å². The first-order valence-corrected chi connectivity index (χ1v) is 16.2.